The van der Waals surface area contributed by atoms with E-state index in [0.29, 0.717) is 6.04 Å². The molecule has 1 rings (SSSR count). The smallest absolute Gasteiger partial charge is 0.0382 e. The van der Waals surface area contributed by atoms with Crippen molar-refractivity contribution in [1.82, 2.24) is 9.88 Å². The maximum atomic E-state index is 5.68. The third-order valence-corrected chi connectivity index (χ3v) is 2.07. The summed E-state index contributed by atoms with van der Waals surface area (Å²) >= 11 is 0. The summed E-state index contributed by atoms with van der Waals surface area (Å²) in [5.74, 6) is 0. The monoisotopic (exact) mass is 181 g/mol. The van der Waals surface area contributed by atoms with Gasteiger partial charge >= 0.3 is 0 Å². The van der Waals surface area contributed by atoms with Gasteiger partial charge in [-0.1, -0.05) is 0 Å². The number of H-pyrrole nitrogens is 1. The van der Waals surface area contributed by atoms with Crippen LogP contribution >= 0.6 is 0 Å². The first kappa shape index (κ1) is 10.3. The molecule has 3 N–H and O–H groups in total. The van der Waals surface area contributed by atoms with Gasteiger partial charge in [-0.15, -0.1) is 0 Å². The van der Waals surface area contributed by atoms with Crippen LogP contribution in [0.5, 0.6) is 0 Å². The SMILES string of the molecule is CC(N)CCN(C)Cc1ccc[nH]1. The van der Waals surface area contributed by atoms with Crippen LogP contribution in [0, 0.1) is 0 Å². The number of hydrogen-bond acceptors (Lipinski definition) is 2. The quantitative estimate of drug-likeness (QED) is 0.716. The molecule has 0 fully saturated rings. The van der Waals surface area contributed by atoms with Gasteiger partial charge < -0.3 is 15.6 Å². The van der Waals surface area contributed by atoms with Crippen molar-refractivity contribution < 1.29 is 0 Å². The van der Waals surface area contributed by atoms with E-state index in [1.165, 1.54) is 5.69 Å². The van der Waals surface area contributed by atoms with Crippen LogP contribution in [-0.4, -0.2) is 29.5 Å². The van der Waals surface area contributed by atoms with Gasteiger partial charge in [0.2, 0.25) is 0 Å². The van der Waals surface area contributed by atoms with Crippen molar-refractivity contribution in [2.75, 3.05) is 13.6 Å². The molecule has 74 valence electrons. The Labute approximate surface area is 79.9 Å². The standard InChI is InChI=1S/C10H19N3/c1-9(11)5-7-13(2)8-10-4-3-6-12-10/h3-4,6,9,12H,5,7-8,11H2,1-2H3. The fourth-order valence-electron chi connectivity index (χ4n) is 1.26. The Morgan fingerprint density at radius 3 is 2.92 bits per heavy atom. The van der Waals surface area contributed by atoms with Gasteiger partial charge in [-0.05, 0) is 39.1 Å². The van der Waals surface area contributed by atoms with Crippen LogP contribution in [0.2, 0.25) is 0 Å². The number of nitrogens with one attached hydrogen (secondary N) is 1. The molecule has 0 aromatic carbocycles. The third kappa shape index (κ3) is 4.10. The third-order valence-electron chi connectivity index (χ3n) is 2.07. The van der Waals surface area contributed by atoms with Crippen molar-refractivity contribution in [2.45, 2.75) is 25.9 Å². The Morgan fingerprint density at radius 2 is 2.38 bits per heavy atom. The van der Waals surface area contributed by atoms with Crippen molar-refractivity contribution in [3.63, 3.8) is 0 Å². The largest absolute Gasteiger partial charge is 0.364 e. The second-order valence-electron chi connectivity index (χ2n) is 3.70. The number of aromatic nitrogens is 1. The van der Waals surface area contributed by atoms with E-state index < -0.39 is 0 Å². The second-order valence-corrected chi connectivity index (χ2v) is 3.70. The lowest BCUT2D eigenvalue weighted by molar-refractivity contribution is 0.310. The van der Waals surface area contributed by atoms with E-state index in [-0.39, 0.29) is 0 Å². The average molecular weight is 181 g/mol. The first-order chi connectivity index (χ1) is 6.18. The first-order valence-electron chi connectivity index (χ1n) is 4.75. The summed E-state index contributed by atoms with van der Waals surface area (Å²) in [4.78, 5) is 5.46. The zero-order chi connectivity index (χ0) is 9.68. The van der Waals surface area contributed by atoms with Crippen LogP contribution in [0.25, 0.3) is 0 Å². The van der Waals surface area contributed by atoms with Crippen molar-refractivity contribution in [3.8, 4) is 0 Å². The summed E-state index contributed by atoms with van der Waals surface area (Å²) in [5, 5.41) is 0. The highest BCUT2D eigenvalue weighted by Gasteiger charge is 2.01. The molecule has 3 nitrogen and oxygen atoms in total. The topological polar surface area (TPSA) is 45.0 Å². The summed E-state index contributed by atoms with van der Waals surface area (Å²) in [7, 11) is 2.11. The molecule has 0 aliphatic rings. The van der Waals surface area contributed by atoms with E-state index in [1.54, 1.807) is 0 Å². The van der Waals surface area contributed by atoms with Crippen LogP contribution in [0.3, 0.4) is 0 Å². The molecule has 0 aliphatic carbocycles. The van der Waals surface area contributed by atoms with Crippen molar-refractivity contribution >= 4 is 0 Å². The van der Waals surface area contributed by atoms with Crippen LogP contribution in [0.15, 0.2) is 18.3 Å². The van der Waals surface area contributed by atoms with E-state index in [0.717, 1.165) is 19.5 Å². The predicted molar refractivity (Wildman–Crippen MR) is 55.4 cm³/mol. The average Bonchev–Trinajstić information content (AvgIpc) is 2.53. The number of hydrogen-bond donors (Lipinski definition) is 2. The summed E-state index contributed by atoms with van der Waals surface area (Å²) in [6.07, 6.45) is 3.01. The highest BCUT2D eigenvalue weighted by molar-refractivity contribution is 5.02. The van der Waals surface area contributed by atoms with Gasteiger partial charge in [-0.2, -0.15) is 0 Å². The Bertz CT molecular complexity index is 216. The normalized spacial score (nSPS) is 13.5. The van der Waals surface area contributed by atoms with Crippen LogP contribution < -0.4 is 5.73 Å². The van der Waals surface area contributed by atoms with Crippen molar-refractivity contribution in [2.24, 2.45) is 5.73 Å². The molecule has 1 atom stereocenters. The highest BCUT2D eigenvalue weighted by atomic mass is 15.1. The summed E-state index contributed by atoms with van der Waals surface area (Å²) in [5.41, 5.74) is 6.94. The van der Waals surface area contributed by atoms with E-state index in [2.05, 4.69) is 23.0 Å². The molecule has 0 bridgehead atoms. The Kier molecular flexibility index (Phi) is 3.99. The molecule has 13 heavy (non-hydrogen) atoms. The molecule has 0 aliphatic heterocycles. The van der Waals surface area contributed by atoms with E-state index >= 15 is 0 Å². The van der Waals surface area contributed by atoms with Crippen LogP contribution in [-0.2, 0) is 6.54 Å². The van der Waals surface area contributed by atoms with E-state index in [4.69, 9.17) is 5.73 Å². The van der Waals surface area contributed by atoms with Gasteiger partial charge in [0.1, 0.15) is 0 Å². The van der Waals surface area contributed by atoms with Gasteiger partial charge in [-0.3, -0.25) is 0 Å². The molecule has 1 heterocycles. The molecule has 0 amide bonds. The molecule has 1 aromatic rings. The van der Waals surface area contributed by atoms with E-state index in [1.807, 2.05) is 19.2 Å². The van der Waals surface area contributed by atoms with Crippen LogP contribution in [0.1, 0.15) is 19.0 Å². The number of aromatic amines is 1. The Balaban J connectivity index is 2.22. The summed E-state index contributed by atoms with van der Waals surface area (Å²) in [6, 6.07) is 4.42. The molecule has 0 spiro atoms. The van der Waals surface area contributed by atoms with Gasteiger partial charge in [0, 0.05) is 24.5 Å². The second kappa shape index (κ2) is 5.04. The maximum Gasteiger partial charge on any atom is 0.0382 e. The lowest BCUT2D eigenvalue weighted by Gasteiger charge is -2.16. The molecule has 1 unspecified atom stereocenters. The van der Waals surface area contributed by atoms with Crippen LogP contribution in [0.4, 0.5) is 0 Å². The zero-order valence-electron chi connectivity index (χ0n) is 8.46. The molecule has 3 heteroatoms. The summed E-state index contributed by atoms with van der Waals surface area (Å²) in [6.45, 7) is 4.07. The fraction of sp³-hybridized carbons (Fsp3) is 0.600. The van der Waals surface area contributed by atoms with Gasteiger partial charge in [0.25, 0.3) is 0 Å². The number of nitrogens with two attached hydrogens (primary N) is 1. The molecule has 1 aromatic heterocycles. The van der Waals surface area contributed by atoms with Gasteiger partial charge in [-0.25, -0.2) is 0 Å². The summed E-state index contributed by atoms with van der Waals surface area (Å²) < 4.78 is 0. The van der Waals surface area contributed by atoms with E-state index in [9.17, 15) is 0 Å². The molecular formula is C10H19N3. The molecular weight excluding hydrogens is 162 g/mol. The fourth-order valence-corrected chi connectivity index (χ4v) is 1.26. The maximum absolute atomic E-state index is 5.68. The van der Waals surface area contributed by atoms with Crippen molar-refractivity contribution in [1.29, 1.82) is 0 Å². The minimum absolute atomic E-state index is 0.297. The number of nitrogens with zero attached hydrogens (tertiary/aromatic N) is 1. The highest BCUT2D eigenvalue weighted by Crippen LogP contribution is 2.00. The zero-order valence-corrected chi connectivity index (χ0v) is 8.46. The predicted octanol–water partition coefficient (Wildman–Crippen LogP) is 1.18. The number of rotatable bonds is 5. The molecule has 0 saturated heterocycles. The minimum Gasteiger partial charge on any atom is -0.364 e. The lowest BCUT2D eigenvalue weighted by Crippen LogP contribution is -2.25. The lowest BCUT2D eigenvalue weighted by atomic mass is 10.2. The minimum atomic E-state index is 0.297. The Hall–Kier alpha value is -0.800. The molecule has 0 saturated carbocycles. The van der Waals surface area contributed by atoms with Crippen molar-refractivity contribution in [3.05, 3.63) is 24.0 Å². The van der Waals surface area contributed by atoms with Gasteiger partial charge in [0.05, 0.1) is 0 Å². The Morgan fingerprint density at radius 1 is 1.62 bits per heavy atom. The van der Waals surface area contributed by atoms with Gasteiger partial charge in [0.15, 0.2) is 0 Å². The molecule has 0 radical (unpaired) electrons. The first-order valence-corrected chi connectivity index (χ1v) is 4.75.